The van der Waals surface area contributed by atoms with Crippen molar-refractivity contribution in [2.75, 3.05) is 11.4 Å². The minimum absolute atomic E-state index is 0.284. The number of carboxylic acid groups (broad SMARTS) is 1. The molecule has 2 aromatic carbocycles. The van der Waals surface area contributed by atoms with Crippen molar-refractivity contribution in [2.24, 2.45) is 0 Å². The maximum absolute atomic E-state index is 13.5. The maximum Gasteiger partial charge on any atom is 0.335 e. The summed E-state index contributed by atoms with van der Waals surface area (Å²) in [5.41, 5.74) is 7.19. The van der Waals surface area contributed by atoms with E-state index in [1.165, 1.54) is 54.3 Å². The second-order valence-electron chi connectivity index (χ2n) is 10.4. The van der Waals surface area contributed by atoms with Gasteiger partial charge in [0.05, 0.1) is 22.4 Å². The standard InChI is InChI=1S/C28H28N2O3/c31-26(32)18-10-11-19-22(16-18)29-14-5-15-30-24-20(25(29)23(19)17-6-2-1-3-7-17)8-4-9-21(24)28(12-13-28)27(30)33/h4,8-11,16-17H,1-3,5-7,12-15H2,(H,31,32). The Bertz CT molecular complexity index is 1340. The summed E-state index contributed by atoms with van der Waals surface area (Å²) in [7, 11) is 0. The van der Waals surface area contributed by atoms with Gasteiger partial charge in [0.25, 0.3) is 0 Å². The fraction of sp³-hybridized carbons (Fsp3) is 0.429. The number of hydrogen-bond donors (Lipinski definition) is 1. The Morgan fingerprint density at radius 3 is 2.58 bits per heavy atom. The molecule has 4 aliphatic rings. The van der Waals surface area contributed by atoms with Crippen LogP contribution < -0.4 is 4.90 Å². The van der Waals surface area contributed by atoms with E-state index < -0.39 is 5.97 Å². The van der Waals surface area contributed by atoms with Crippen LogP contribution in [0.4, 0.5) is 5.69 Å². The van der Waals surface area contributed by atoms with Gasteiger partial charge in [0.1, 0.15) is 0 Å². The Morgan fingerprint density at radius 2 is 1.82 bits per heavy atom. The number of para-hydroxylation sites is 1. The van der Waals surface area contributed by atoms with Gasteiger partial charge in [0, 0.05) is 29.6 Å². The van der Waals surface area contributed by atoms with Crippen molar-refractivity contribution >= 4 is 28.5 Å². The fourth-order valence-electron chi connectivity index (χ4n) is 6.93. The van der Waals surface area contributed by atoms with E-state index in [4.69, 9.17) is 0 Å². The van der Waals surface area contributed by atoms with Crippen molar-refractivity contribution in [2.45, 2.75) is 69.2 Å². The number of hydrogen-bond acceptors (Lipinski definition) is 2. The Morgan fingerprint density at radius 1 is 1.00 bits per heavy atom. The summed E-state index contributed by atoms with van der Waals surface area (Å²) in [6, 6.07) is 12.2. The van der Waals surface area contributed by atoms with Crippen molar-refractivity contribution in [1.82, 2.24) is 4.57 Å². The van der Waals surface area contributed by atoms with Crippen molar-refractivity contribution in [3.8, 4) is 11.3 Å². The molecule has 1 spiro atoms. The number of aromatic nitrogens is 1. The van der Waals surface area contributed by atoms with Gasteiger partial charge < -0.3 is 14.6 Å². The summed E-state index contributed by atoms with van der Waals surface area (Å²) in [5.74, 6) is -0.114. The van der Waals surface area contributed by atoms with Gasteiger partial charge in [0.15, 0.2) is 0 Å². The molecule has 33 heavy (non-hydrogen) atoms. The normalized spacial score (nSPS) is 21.1. The third kappa shape index (κ3) is 2.54. The van der Waals surface area contributed by atoms with E-state index in [-0.39, 0.29) is 5.41 Å². The summed E-state index contributed by atoms with van der Waals surface area (Å²) in [5, 5.41) is 10.9. The average molecular weight is 441 g/mol. The summed E-state index contributed by atoms with van der Waals surface area (Å²) < 4.78 is 2.38. The Kier molecular flexibility index (Phi) is 3.95. The van der Waals surface area contributed by atoms with Crippen LogP contribution in [0.1, 0.15) is 78.8 Å². The monoisotopic (exact) mass is 440 g/mol. The Hall–Kier alpha value is -3.08. The highest BCUT2D eigenvalue weighted by Gasteiger charge is 2.59. The van der Waals surface area contributed by atoms with Crippen LogP contribution in [0.5, 0.6) is 0 Å². The molecule has 0 saturated heterocycles. The minimum Gasteiger partial charge on any atom is -0.478 e. The number of carbonyl (C=O) groups is 2. The number of fused-ring (bicyclic) bond motifs is 5. The second kappa shape index (κ2) is 6.72. The Balaban J connectivity index is 1.56. The third-order valence-electron chi connectivity index (χ3n) is 8.61. The highest BCUT2D eigenvalue weighted by molar-refractivity contribution is 6.14. The Labute approximate surface area is 193 Å². The van der Waals surface area contributed by atoms with Crippen LogP contribution in [0.25, 0.3) is 22.2 Å². The predicted octanol–water partition coefficient (Wildman–Crippen LogP) is 5.84. The molecular weight excluding hydrogens is 412 g/mol. The van der Waals surface area contributed by atoms with Crippen LogP contribution in [0, 0.1) is 0 Å². The fourth-order valence-corrected chi connectivity index (χ4v) is 6.93. The molecule has 0 radical (unpaired) electrons. The smallest absolute Gasteiger partial charge is 0.335 e. The molecule has 5 nitrogen and oxygen atoms in total. The van der Waals surface area contributed by atoms with Crippen molar-refractivity contribution < 1.29 is 14.7 Å². The number of anilines is 1. The van der Waals surface area contributed by atoms with Gasteiger partial charge in [-0.2, -0.15) is 0 Å². The van der Waals surface area contributed by atoms with Gasteiger partial charge in [-0.15, -0.1) is 0 Å². The first kappa shape index (κ1) is 19.4. The number of benzene rings is 2. The predicted molar refractivity (Wildman–Crippen MR) is 128 cm³/mol. The van der Waals surface area contributed by atoms with Gasteiger partial charge in [-0.3, -0.25) is 4.79 Å². The molecule has 3 aromatic rings. The highest BCUT2D eigenvalue weighted by Crippen LogP contribution is 2.60. The summed E-state index contributed by atoms with van der Waals surface area (Å²) >= 11 is 0. The molecule has 1 N–H and O–H groups in total. The molecule has 168 valence electrons. The van der Waals surface area contributed by atoms with Crippen molar-refractivity contribution in [3.63, 3.8) is 0 Å². The lowest BCUT2D eigenvalue weighted by atomic mass is 9.81. The maximum atomic E-state index is 13.5. The van der Waals surface area contributed by atoms with Crippen molar-refractivity contribution in [3.05, 3.63) is 53.1 Å². The molecule has 2 aliphatic carbocycles. The van der Waals surface area contributed by atoms with E-state index in [9.17, 15) is 14.7 Å². The molecule has 2 saturated carbocycles. The summed E-state index contributed by atoms with van der Waals surface area (Å²) in [4.78, 5) is 27.3. The number of rotatable bonds is 2. The quantitative estimate of drug-likeness (QED) is 0.545. The molecule has 3 heterocycles. The molecular formula is C28H28N2O3. The molecule has 0 unspecified atom stereocenters. The van der Waals surface area contributed by atoms with Gasteiger partial charge in [-0.25, -0.2) is 4.79 Å². The van der Waals surface area contributed by atoms with Gasteiger partial charge in [-0.1, -0.05) is 43.5 Å². The highest BCUT2D eigenvalue weighted by atomic mass is 16.4. The van der Waals surface area contributed by atoms with Gasteiger partial charge in [0.2, 0.25) is 5.91 Å². The lowest BCUT2D eigenvalue weighted by Gasteiger charge is -2.28. The first-order valence-electron chi connectivity index (χ1n) is 12.5. The SMILES string of the molecule is O=C(O)c1ccc2c(C3CCCCC3)c3n(c2c1)CCCN1C(=O)C2(CC2)c2cccc-3c21. The number of amides is 1. The van der Waals surface area contributed by atoms with Gasteiger partial charge in [-0.05, 0) is 61.3 Å². The zero-order valence-corrected chi connectivity index (χ0v) is 18.8. The van der Waals surface area contributed by atoms with E-state index in [1.807, 2.05) is 12.1 Å². The summed E-state index contributed by atoms with van der Waals surface area (Å²) in [6.45, 7) is 1.52. The van der Waals surface area contributed by atoms with E-state index in [0.717, 1.165) is 49.1 Å². The lowest BCUT2D eigenvalue weighted by Crippen LogP contribution is -2.34. The number of nitrogens with zero attached hydrogens (tertiary/aromatic N) is 2. The van der Waals surface area contributed by atoms with Crippen LogP contribution in [0.2, 0.25) is 0 Å². The van der Waals surface area contributed by atoms with Crippen LogP contribution in [-0.2, 0) is 16.8 Å². The number of carboxylic acids is 1. The minimum atomic E-state index is -0.884. The third-order valence-corrected chi connectivity index (χ3v) is 8.61. The molecule has 5 heteroatoms. The molecule has 7 rings (SSSR count). The zero-order chi connectivity index (χ0) is 22.3. The second-order valence-corrected chi connectivity index (χ2v) is 10.4. The van der Waals surface area contributed by atoms with E-state index >= 15 is 0 Å². The molecule has 1 aromatic heterocycles. The van der Waals surface area contributed by atoms with Crippen molar-refractivity contribution in [1.29, 1.82) is 0 Å². The van der Waals surface area contributed by atoms with Crippen LogP contribution in [0.15, 0.2) is 36.4 Å². The van der Waals surface area contributed by atoms with E-state index in [2.05, 4.69) is 27.7 Å². The topological polar surface area (TPSA) is 62.5 Å². The molecule has 2 fully saturated rings. The number of aryl methyl sites for hydroxylation is 1. The average Bonchev–Trinajstić information content (AvgIpc) is 3.53. The largest absolute Gasteiger partial charge is 0.478 e. The van der Waals surface area contributed by atoms with E-state index in [1.54, 1.807) is 6.07 Å². The zero-order valence-electron chi connectivity index (χ0n) is 18.8. The lowest BCUT2D eigenvalue weighted by molar-refractivity contribution is -0.120. The van der Waals surface area contributed by atoms with Crippen LogP contribution in [0.3, 0.4) is 0 Å². The molecule has 2 aliphatic heterocycles. The molecule has 0 bridgehead atoms. The number of aromatic carboxylic acids is 1. The first-order chi connectivity index (χ1) is 16.1. The molecule has 1 amide bonds. The molecule has 0 atom stereocenters. The van der Waals surface area contributed by atoms with E-state index in [0.29, 0.717) is 17.4 Å². The number of carbonyl (C=O) groups excluding carboxylic acids is 1. The van der Waals surface area contributed by atoms with Crippen LogP contribution >= 0.6 is 0 Å². The van der Waals surface area contributed by atoms with Crippen LogP contribution in [-0.4, -0.2) is 28.1 Å². The summed E-state index contributed by atoms with van der Waals surface area (Å²) in [6.07, 6.45) is 8.91. The first-order valence-corrected chi connectivity index (χ1v) is 12.5. The van der Waals surface area contributed by atoms with Gasteiger partial charge >= 0.3 is 5.97 Å².